The van der Waals surface area contributed by atoms with E-state index in [1.54, 1.807) is 0 Å². The molecular formula is C15H28N2OS. The molecule has 0 aromatic carbocycles. The van der Waals surface area contributed by atoms with Gasteiger partial charge in [0.1, 0.15) is 0 Å². The van der Waals surface area contributed by atoms with Crippen LogP contribution in [0.2, 0.25) is 0 Å². The summed E-state index contributed by atoms with van der Waals surface area (Å²) in [5, 5.41) is 4.33. The Morgan fingerprint density at radius 1 is 1.26 bits per heavy atom. The Morgan fingerprint density at radius 3 is 2.58 bits per heavy atom. The number of nitrogens with one attached hydrogen (secondary N) is 1. The molecule has 19 heavy (non-hydrogen) atoms. The maximum absolute atomic E-state index is 12.6. The molecule has 0 spiro atoms. The summed E-state index contributed by atoms with van der Waals surface area (Å²) in [6, 6.07) is 0.561. The van der Waals surface area contributed by atoms with Crippen LogP contribution in [0.5, 0.6) is 0 Å². The van der Waals surface area contributed by atoms with Gasteiger partial charge in [0.15, 0.2) is 0 Å². The van der Waals surface area contributed by atoms with Gasteiger partial charge < -0.3 is 4.90 Å². The lowest BCUT2D eigenvalue weighted by atomic mass is 10.1. The first kappa shape index (κ1) is 15.2. The van der Waals surface area contributed by atoms with Crippen molar-refractivity contribution in [3.8, 4) is 0 Å². The highest BCUT2D eigenvalue weighted by Crippen LogP contribution is 2.34. The first-order valence-corrected chi connectivity index (χ1v) is 9.11. The Hall–Kier alpha value is -0.220. The zero-order chi connectivity index (χ0) is 13.8. The number of hydrogen-bond acceptors (Lipinski definition) is 3. The summed E-state index contributed by atoms with van der Waals surface area (Å²) >= 11 is 1.96. The highest BCUT2D eigenvalue weighted by atomic mass is 32.2. The van der Waals surface area contributed by atoms with Crippen LogP contribution in [0.1, 0.15) is 58.8 Å². The topological polar surface area (TPSA) is 32.3 Å². The number of thioether (sulfide) groups is 1. The Balaban J connectivity index is 2.04. The van der Waals surface area contributed by atoms with Gasteiger partial charge in [-0.05, 0) is 38.4 Å². The predicted molar refractivity (Wildman–Crippen MR) is 82.3 cm³/mol. The van der Waals surface area contributed by atoms with Crippen LogP contribution in [0, 0.1) is 0 Å². The Kier molecular flexibility index (Phi) is 5.58. The molecule has 1 aliphatic carbocycles. The molecule has 1 saturated heterocycles. The third-order valence-electron chi connectivity index (χ3n) is 4.50. The van der Waals surface area contributed by atoms with Gasteiger partial charge in [-0.1, -0.05) is 26.7 Å². The Morgan fingerprint density at radius 2 is 2.00 bits per heavy atom. The molecule has 0 radical (unpaired) electrons. The molecular weight excluding hydrogens is 256 g/mol. The van der Waals surface area contributed by atoms with E-state index in [4.69, 9.17) is 0 Å². The van der Waals surface area contributed by atoms with E-state index in [0.717, 1.165) is 30.9 Å². The molecule has 2 fully saturated rings. The van der Waals surface area contributed by atoms with Crippen LogP contribution in [0.3, 0.4) is 0 Å². The minimum absolute atomic E-state index is 0.0786. The number of carbonyl (C=O) groups is 1. The van der Waals surface area contributed by atoms with Gasteiger partial charge in [-0.25, -0.2) is 0 Å². The fourth-order valence-corrected chi connectivity index (χ4v) is 4.31. The first-order chi connectivity index (χ1) is 9.21. The molecule has 2 rings (SSSR count). The van der Waals surface area contributed by atoms with Crippen molar-refractivity contribution in [1.29, 1.82) is 0 Å². The molecule has 1 N–H and O–H groups in total. The maximum Gasteiger partial charge on any atom is 0.241 e. The van der Waals surface area contributed by atoms with Gasteiger partial charge >= 0.3 is 0 Å². The monoisotopic (exact) mass is 284 g/mol. The molecule has 1 saturated carbocycles. The zero-order valence-corrected chi connectivity index (χ0v) is 13.3. The lowest BCUT2D eigenvalue weighted by molar-refractivity contribution is -0.132. The molecule has 3 nitrogen and oxygen atoms in total. The standard InChI is InChI=1S/C15H28N2OS/c1-4-6-13-15(18)17(14(16-13)7-5-2)11-8-9-12(10-11)19-3/h11-14,16H,4-10H2,1-3H3. The average Bonchev–Trinajstić information content (AvgIpc) is 2.97. The predicted octanol–water partition coefficient (Wildman–Crippen LogP) is 3.00. The molecule has 0 bridgehead atoms. The van der Waals surface area contributed by atoms with Crippen LogP contribution in [-0.2, 0) is 4.79 Å². The molecule has 4 atom stereocenters. The minimum atomic E-state index is 0.0786. The fourth-order valence-electron chi connectivity index (χ4n) is 3.53. The molecule has 1 aliphatic heterocycles. The van der Waals surface area contributed by atoms with Gasteiger partial charge in [-0.3, -0.25) is 10.1 Å². The van der Waals surface area contributed by atoms with Crippen LogP contribution in [-0.4, -0.2) is 40.6 Å². The molecule has 0 aromatic rings. The van der Waals surface area contributed by atoms with Crippen molar-refractivity contribution >= 4 is 17.7 Å². The Labute approximate surface area is 121 Å². The SMILES string of the molecule is CCCC1NC(CCC)N(C2CCC(SC)C2)C1=O. The summed E-state index contributed by atoms with van der Waals surface area (Å²) in [6.07, 6.45) is 10.4. The molecule has 4 heteroatoms. The van der Waals surface area contributed by atoms with Gasteiger partial charge in [0.25, 0.3) is 0 Å². The van der Waals surface area contributed by atoms with Crippen molar-refractivity contribution in [1.82, 2.24) is 10.2 Å². The van der Waals surface area contributed by atoms with Crippen LogP contribution in [0.4, 0.5) is 0 Å². The van der Waals surface area contributed by atoms with Crippen molar-refractivity contribution in [3.05, 3.63) is 0 Å². The number of nitrogens with zero attached hydrogens (tertiary/aromatic N) is 1. The fraction of sp³-hybridized carbons (Fsp3) is 0.933. The second-order valence-electron chi connectivity index (χ2n) is 5.88. The summed E-state index contributed by atoms with van der Waals surface area (Å²) < 4.78 is 0. The molecule has 4 unspecified atom stereocenters. The van der Waals surface area contributed by atoms with E-state index in [0.29, 0.717) is 18.1 Å². The van der Waals surface area contributed by atoms with Crippen LogP contribution < -0.4 is 5.32 Å². The molecule has 1 heterocycles. The number of amides is 1. The molecule has 110 valence electrons. The van der Waals surface area contributed by atoms with E-state index < -0.39 is 0 Å². The lowest BCUT2D eigenvalue weighted by Crippen LogP contribution is -2.43. The van der Waals surface area contributed by atoms with Gasteiger partial charge in [0, 0.05) is 11.3 Å². The van der Waals surface area contributed by atoms with Gasteiger partial charge in [0.05, 0.1) is 12.2 Å². The van der Waals surface area contributed by atoms with E-state index in [9.17, 15) is 4.79 Å². The molecule has 2 aliphatic rings. The maximum atomic E-state index is 12.6. The van der Waals surface area contributed by atoms with Crippen molar-refractivity contribution in [3.63, 3.8) is 0 Å². The summed E-state index contributed by atoms with van der Waals surface area (Å²) in [5.41, 5.74) is 0. The third kappa shape index (κ3) is 3.27. The highest BCUT2D eigenvalue weighted by Gasteiger charge is 2.43. The van der Waals surface area contributed by atoms with Crippen LogP contribution in [0.15, 0.2) is 0 Å². The van der Waals surface area contributed by atoms with Crippen LogP contribution in [0.25, 0.3) is 0 Å². The summed E-state index contributed by atoms with van der Waals surface area (Å²) in [6.45, 7) is 4.36. The van der Waals surface area contributed by atoms with Gasteiger partial charge in [0.2, 0.25) is 5.91 Å². The van der Waals surface area contributed by atoms with E-state index in [1.807, 2.05) is 11.8 Å². The number of hydrogen-bond donors (Lipinski definition) is 1. The zero-order valence-electron chi connectivity index (χ0n) is 12.5. The van der Waals surface area contributed by atoms with Crippen molar-refractivity contribution in [2.24, 2.45) is 0 Å². The normalized spacial score (nSPS) is 35.3. The van der Waals surface area contributed by atoms with Gasteiger partial charge in [-0.2, -0.15) is 11.8 Å². The smallest absolute Gasteiger partial charge is 0.241 e. The van der Waals surface area contributed by atoms with Crippen molar-refractivity contribution in [2.75, 3.05) is 6.26 Å². The largest absolute Gasteiger partial charge is 0.323 e. The molecule has 1 amide bonds. The van der Waals surface area contributed by atoms with Crippen LogP contribution >= 0.6 is 11.8 Å². The second kappa shape index (κ2) is 6.98. The van der Waals surface area contributed by atoms with E-state index in [2.05, 4.69) is 30.3 Å². The van der Waals surface area contributed by atoms with E-state index in [-0.39, 0.29) is 6.04 Å². The first-order valence-electron chi connectivity index (χ1n) is 7.82. The minimum Gasteiger partial charge on any atom is -0.323 e. The average molecular weight is 284 g/mol. The number of carbonyl (C=O) groups excluding carboxylic acids is 1. The van der Waals surface area contributed by atoms with Crippen molar-refractivity contribution in [2.45, 2.75) is 82.3 Å². The van der Waals surface area contributed by atoms with E-state index >= 15 is 0 Å². The van der Waals surface area contributed by atoms with Crippen molar-refractivity contribution < 1.29 is 4.79 Å². The summed E-state index contributed by atoms with van der Waals surface area (Å²) in [4.78, 5) is 14.8. The molecule has 0 aromatic heterocycles. The second-order valence-corrected chi connectivity index (χ2v) is 7.02. The van der Waals surface area contributed by atoms with Gasteiger partial charge in [-0.15, -0.1) is 0 Å². The summed E-state index contributed by atoms with van der Waals surface area (Å²) in [7, 11) is 0. The summed E-state index contributed by atoms with van der Waals surface area (Å²) in [5.74, 6) is 0.368. The van der Waals surface area contributed by atoms with E-state index in [1.165, 1.54) is 19.3 Å². The Bertz CT molecular complexity index is 309. The lowest BCUT2D eigenvalue weighted by Gasteiger charge is -2.30. The highest BCUT2D eigenvalue weighted by molar-refractivity contribution is 7.99. The number of rotatable bonds is 6. The quantitative estimate of drug-likeness (QED) is 0.814. The third-order valence-corrected chi connectivity index (χ3v) is 5.60.